The van der Waals surface area contributed by atoms with Gasteiger partial charge in [-0.2, -0.15) is 5.26 Å². The average Bonchev–Trinajstić information content (AvgIpc) is 2.90. The minimum absolute atomic E-state index is 0.667. The van der Waals surface area contributed by atoms with Gasteiger partial charge < -0.3 is 4.90 Å². The Kier molecular flexibility index (Phi) is 4.14. The lowest BCUT2D eigenvalue weighted by Gasteiger charge is -2.22. The van der Waals surface area contributed by atoms with Crippen LogP contribution in [-0.2, 0) is 19.4 Å². The van der Waals surface area contributed by atoms with E-state index < -0.39 is 0 Å². The molecule has 0 aromatic carbocycles. The van der Waals surface area contributed by atoms with Crippen LogP contribution in [0.2, 0.25) is 4.34 Å². The van der Waals surface area contributed by atoms with E-state index in [-0.39, 0.29) is 0 Å². The lowest BCUT2D eigenvalue weighted by Crippen LogP contribution is -2.20. The predicted molar refractivity (Wildman–Crippen MR) is 87.0 cm³/mol. The monoisotopic (exact) mass is 317 g/mol. The lowest BCUT2D eigenvalue weighted by atomic mass is 9.95. The number of hydrogen-bond acceptors (Lipinski definition) is 4. The molecule has 3 nitrogen and oxygen atoms in total. The Hall–Kier alpha value is -1.57. The van der Waals surface area contributed by atoms with Gasteiger partial charge in [0.2, 0.25) is 0 Å². The van der Waals surface area contributed by atoms with Gasteiger partial charge in [0.25, 0.3) is 0 Å². The summed E-state index contributed by atoms with van der Waals surface area (Å²) in [5, 5.41) is 9.40. The van der Waals surface area contributed by atoms with Crippen molar-refractivity contribution in [3.05, 3.63) is 44.2 Å². The number of nitriles is 1. The first-order chi connectivity index (χ1) is 10.2. The maximum absolute atomic E-state index is 9.40. The van der Waals surface area contributed by atoms with Crippen LogP contribution in [0, 0.1) is 11.3 Å². The van der Waals surface area contributed by atoms with Gasteiger partial charge in [0, 0.05) is 17.6 Å². The Labute approximate surface area is 133 Å². The number of rotatable bonds is 3. The summed E-state index contributed by atoms with van der Waals surface area (Å²) in [5.41, 5.74) is 3.07. The van der Waals surface area contributed by atoms with E-state index in [4.69, 9.17) is 16.6 Å². The molecule has 0 amide bonds. The molecule has 1 aliphatic rings. The molecule has 21 heavy (non-hydrogen) atoms. The first-order valence-electron chi connectivity index (χ1n) is 7.05. The molecule has 0 saturated carbocycles. The molecular formula is C16H16ClN3S. The van der Waals surface area contributed by atoms with E-state index in [0.29, 0.717) is 5.56 Å². The average molecular weight is 318 g/mol. The van der Waals surface area contributed by atoms with Crippen LogP contribution in [0.15, 0.2) is 18.2 Å². The fourth-order valence-electron chi connectivity index (χ4n) is 2.74. The summed E-state index contributed by atoms with van der Waals surface area (Å²) < 4.78 is 0.789. The van der Waals surface area contributed by atoms with Crippen molar-refractivity contribution in [2.24, 2.45) is 0 Å². The molecule has 2 aromatic rings. The number of aromatic nitrogens is 1. The van der Waals surface area contributed by atoms with Crippen LogP contribution < -0.4 is 4.90 Å². The second-order valence-corrected chi connectivity index (χ2v) is 7.15. The normalized spacial score (nSPS) is 13.6. The summed E-state index contributed by atoms with van der Waals surface area (Å²) in [5.74, 6) is 0.780. The van der Waals surface area contributed by atoms with Crippen molar-refractivity contribution in [2.75, 3.05) is 11.9 Å². The molecule has 108 valence electrons. The Morgan fingerprint density at radius 3 is 2.90 bits per heavy atom. The highest BCUT2D eigenvalue weighted by atomic mass is 35.5. The molecule has 0 bridgehead atoms. The fraction of sp³-hybridized carbons (Fsp3) is 0.375. The minimum atomic E-state index is 0.667. The van der Waals surface area contributed by atoms with E-state index in [1.54, 1.807) is 11.3 Å². The quantitative estimate of drug-likeness (QED) is 0.852. The number of halogens is 1. The van der Waals surface area contributed by atoms with E-state index in [9.17, 15) is 5.26 Å². The number of nitrogens with zero attached hydrogens (tertiary/aromatic N) is 3. The van der Waals surface area contributed by atoms with Crippen LogP contribution >= 0.6 is 22.9 Å². The van der Waals surface area contributed by atoms with Crippen LogP contribution in [0.5, 0.6) is 0 Å². The Morgan fingerprint density at radius 2 is 2.19 bits per heavy atom. The third-order valence-electron chi connectivity index (χ3n) is 3.78. The van der Waals surface area contributed by atoms with E-state index in [2.05, 4.69) is 6.07 Å². The number of aryl methyl sites for hydroxylation is 2. The molecule has 5 heteroatoms. The summed E-state index contributed by atoms with van der Waals surface area (Å²) in [7, 11) is 1.98. The van der Waals surface area contributed by atoms with Gasteiger partial charge in [-0.1, -0.05) is 11.6 Å². The molecule has 0 saturated heterocycles. The first kappa shape index (κ1) is 14.4. The zero-order valence-corrected chi connectivity index (χ0v) is 13.5. The van der Waals surface area contributed by atoms with E-state index in [1.165, 1.54) is 23.3 Å². The number of thiophene rings is 1. The van der Waals surface area contributed by atoms with Crippen molar-refractivity contribution < 1.29 is 0 Å². The predicted octanol–water partition coefficient (Wildman–Crippen LogP) is 4.18. The van der Waals surface area contributed by atoms with Crippen LogP contribution in [0.4, 0.5) is 5.82 Å². The summed E-state index contributed by atoms with van der Waals surface area (Å²) in [6.45, 7) is 0.720. The maximum atomic E-state index is 9.40. The van der Waals surface area contributed by atoms with Gasteiger partial charge in [-0.05, 0) is 49.4 Å². The molecule has 2 aromatic heterocycles. The van der Waals surface area contributed by atoms with Gasteiger partial charge in [-0.25, -0.2) is 4.98 Å². The molecule has 0 N–H and O–H groups in total. The molecule has 0 aliphatic heterocycles. The SMILES string of the molecule is CN(Cc1ccc(Cl)s1)c1nc2c(cc1C#N)CCCC2. The molecule has 2 heterocycles. The summed E-state index contributed by atoms with van der Waals surface area (Å²) >= 11 is 7.54. The van der Waals surface area contributed by atoms with E-state index >= 15 is 0 Å². The van der Waals surface area contributed by atoms with Gasteiger partial charge in [-0.15, -0.1) is 11.3 Å². The third-order valence-corrected chi connectivity index (χ3v) is 5.00. The van der Waals surface area contributed by atoms with Gasteiger partial charge in [0.1, 0.15) is 11.9 Å². The molecular weight excluding hydrogens is 302 g/mol. The topological polar surface area (TPSA) is 39.9 Å². The molecule has 1 aliphatic carbocycles. The first-order valence-corrected chi connectivity index (χ1v) is 8.25. The van der Waals surface area contributed by atoms with Gasteiger partial charge in [-0.3, -0.25) is 0 Å². The maximum Gasteiger partial charge on any atom is 0.146 e. The van der Waals surface area contributed by atoms with E-state index in [1.807, 2.05) is 30.1 Å². The van der Waals surface area contributed by atoms with Gasteiger partial charge in [0.15, 0.2) is 0 Å². The molecule has 0 spiro atoms. The standard InChI is InChI=1S/C16H16ClN3S/c1-20(10-13-6-7-15(17)21-13)16-12(9-18)8-11-4-2-3-5-14(11)19-16/h6-8H,2-5,10H2,1H3. The van der Waals surface area contributed by atoms with Crippen LogP contribution in [-0.4, -0.2) is 12.0 Å². The van der Waals surface area contributed by atoms with Crippen molar-refractivity contribution >= 4 is 28.8 Å². The molecule has 0 unspecified atom stereocenters. The highest BCUT2D eigenvalue weighted by molar-refractivity contribution is 7.16. The summed E-state index contributed by atoms with van der Waals surface area (Å²) in [6.07, 6.45) is 4.45. The summed E-state index contributed by atoms with van der Waals surface area (Å²) in [4.78, 5) is 7.97. The van der Waals surface area contributed by atoms with Crippen LogP contribution in [0.25, 0.3) is 0 Å². The van der Waals surface area contributed by atoms with E-state index in [0.717, 1.165) is 35.2 Å². The smallest absolute Gasteiger partial charge is 0.146 e. The van der Waals surface area contributed by atoms with Gasteiger partial charge in [0.05, 0.1) is 16.4 Å². The second-order valence-electron chi connectivity index (χ2n) is 5.35. The van der Waals surface area contributed by atoms with Crippen molar-refractivity contribution in [1.29, 1.82) is 5.26 Å². The Balaban J connectivity index is 1.91. The highest BCUT2D eigenvalue weighted by Crippen LogP contribution is 2.28. The number of hydrogen-bond donors (Lipinski definition) is 0. The van der Waals surface area contributed by atoms with Gasteiger partial charge >= 0.3 is 0 Å². The molecule has 3 rings (SSSR count). The number of anilines is 1. The largest absolute Gasteiger partial charge is 0.353 e. The lowest BCUT2D eigenvalue weighted by molar-refractivity contribution is 0.665. The van der Waals surface area contributed by atoms with Crippen LogP contribution in [0.3, 0.4) is 0 Å². The minimum Gasteiger partial charge on any atom is -0.353 e. The zero-order valence-electron chi connectivity index (χ0n) is 11.9. The Bertz CT molecular complexity index is 702. The number of fused-ring (bicyclic) bond motifs is 1. The van der Waals surface area contributed by atoms with Crippen molar-refractivity contribution in [3.63, 3.8) is 0 Å². The number of pyridine rings is 1. The van der Waals surface area contributed by atoms with Crippen molar-refractivity contribution in [2.45, 2.75) is 32.2 Å². The molecule has 0 atom stereocenters. The Morgan fingerprint density at radius 1 is 1.38 bits per heavy atom. The second kappa shape index (κ2) is 6.05. The fourth-order valence-corrected chi connectivity index (χ4v) is 3.88. The molecule has 0 fully saturated rings. The summed E-state index contributed by atoms with van der Waals surface area (Å²) in [6, 6.07) is 8.24. The third kappa shape index (κ3) is 3.04. The van der Waals surface area contributed by atoms with Crippen molar-refractivity contribution in [3.8, 4) is 6.07 Å². The highest BCUT2D eigenvalue weighted by Gasteiger charge is 2.17. The zero-order chi connectivity index (χ0) is 14.8. The molecule has 0 radical (unpaired) electrons. The van der Waals surface area contributed by atoms with Crippen LogP contribution in [0.1, 0.15) is 34.5 Å². The van der Waals surface area contributed by atoms with Crippen molar-refractivity contribution in [1.82, 2.24) is 4.98 Å².